The SMILES string of the molecule is Cc1ccc(CNCCSCCCO)s1.Cl. The second-order valence-electron chi connectivity index (χ2n) is 3.38. The zero-order valence-electron chi connectivity index (χ0n) is 9.57. The molecule has 1 heterocycles. The van der Waals surface area contributed by atoms with E-state index in [0.29, 0.717) is 6.61 Å². The molecule has 0 radical (unpaired) electrons. The van der Waals surface area contributed by atoms with Crippen LogP contribution in [0.2, 0.25) is 0 Å². The van der Waals surface area contributed by atoms with Crippen LogP contribution in [0.5, 0.6) is 0 Å². The highest BCUT2D eigenvalue weighted by molar-refractivity contribution is 7.99. The average molecular weight is 282 g/mol. The minimum atomic E-state index is 0. The van der Waals surface area contributed by atoms with Gasteiger partial charge in [-0.05, 0) is 31.2 Å². The van der Waals surface area contributed by atoms with Crippen LogP contribution in [-0.2, 0) is 6.54 Å². The molecule has 0 fully saturated rings. The van der Waals surface area contributed by atoms with E-state index in [9.17, 15) is 0 Å². The highest BCUT2D eigenvalue weighted by Crippen LogP contribution is 2.14. The Labute approximate surface area is 112 Å². The molecule has 0 unspecified atom stereocenters. The normalized spacial score (nSPS) is 10.1. The predicted octanol–water partition coefficient (Wildman–Crippen LogP) is 2.68. The van der Waals surface area contributed by atoms with Crippen molar-refractivity contribution in [1.29, 1.82) is 0 Å². The van der Waals surface area contributed by atoms with Gasteiger partial charge in [-0.1, -0.05) is 0 Å². The van der Waals surface area contributed by atoms with E-state index in [2.05, 4.69) is 24.4 Å². The second-order valence-corrected chi connectivity index (χ2v) is 5.98. The van der Waals surface area contributed by atoms with Crippen LogP contribution in [0.4, 0.5) is 0 Å². The van der Waals surface area contributed by atoms with Crippen LogP contribution < -0.4 is 5.32 Å². The third-order valence-electron chi connectivity index (χ3n) is 1.97. The lowest BCUT2D eigenvalue weighted by Gasteiger charge is -2.02. The summed E-state index contributed by atoms with van der Waals surface area (Å²) in [7, 11) is 0. The largest absolute Gasteiger partial charge is 0.396 e. The number of aliphatic hydroxyl groups is 1. The van der Waals surface area contributed by atoms with Crippen molar-refractivity contribution in [3.8, 4) is 0 Å². The van der Waals surface area contributed by atoms with E-state index < -0.39 is 0 Å². The molecule has 2 N–H and O–H groups in total. The number of thioether (sulfide) groups is 1. The minimum absolute atomic E-state index is 0. The van der Waals surface area contributed by atoms with E-state index in [4.69, 9.17) is 5.11 Å². The van der Waals surface area contributed by atoms with Gasteiger partial charge >= 0.3 is 0 Å². The van der Waals surface area contributed by atoms with E-state index in [0.717, 1.165) is 31.0 Å². The van der Waals surface area contributed by atoms with Crippen molar-refractivity contribution < 1.29 is 5.11 Å². The number of hydrogen-bond donors (Lipinski definition) is 2. The van der Waals surface area contributed by atoms with Gasteiger partial charge in [0, 0.05) is 35.2 Å². The van der Waals surface area contributed by atoms with Crippen LogP contribution in [0.3, 0.4) is 0 Å². The monoisotopic (exact) mass is 281 g/mol. The quantitative estimate of drug-likeness (QED) is 0.719. The molecule has 0 bridgehead atoms. The minimum Gasteiger partial charge on any atom is -0.396 e. The summed E-state index contributed by atoms with van der Waals surface area (Å²) < 4.78 is 0. The Morgan fingerprint density at radius 1 is 1.38 bits per heavy atom. The molecule has 0 aromatic carbocycles. The third-order valence-corrected chi connectivity index (χ3v) is 4.04. The summed E-state index contributed by atoms with van der Waals surface area (Å²) in [4.78, 5) is 2.79. The zero-order valence-corrected chi connectivity index (χ0v) is 12.0. The lowest BCUT2D eigenvalue weighted by molar-refractivity contribution is 0.296. The molecule has 0 saturated carbocycles. The van der Waals surface area contributed by atoms with E-state index in [1.807, 2.05) is 23.1 Å². The second kappa shape index (κ2) is 10.4. The molecule has 0 aliphatic rings. The van der Waals surface area contributed by atoms with Crippen LogP contribution in [0.25, 0.3) is 0 Å². The fraction of sp³-hybridized carbons (Fsp3) is 0.636. The maximum atomic E-state index is 8.59. The van der Waals surface area contributed by atoms with Gasteiger partial charge in [-0.2, -0.15) is 11.8 Å². The topological polar surface area (TPSA) is 32.3 Å². The van der Waals surface area contributed by atoms with Crippen molar-refractivity contribution >= 4 is 35.5 Å². The first-order valence-electron chi connectivity index (χ1n) is 5.27. The number of hydrogen-bond acceptors (Lipinski definition) is 4. The maximum absolute atomic E-state index is 8.59. The molecular weight excluding hydrogens is 262 g/mol. The van der Waals surface area contributed by atoms with Gasteiger partial charge in [0.1, 0.15) is 0 Å². The van der Waals surface area contributed by atoms with Crippen molar-refractivity contribution in [3.05, 3.63) is 21.9 Å². The summed E-state index contributed by atoms with van der Waals surface area (Å²) in [5, 5.41) is 12.0. The molecule has 16 heavy (non-hydrogen) atoms. The van der Waals surface area contributed by atoms with E-state index in [-0.39, 0.29) is 12.4 Å². The van der Waals surface area contributed by atoms with Crippen molar-refractivity contribution in [2.45, 2.75) is 19.9 Å². The van der Waals surface area contributed by atoms with E-state index >= 15 is 0 Å². The number of thiophene rings is 1. The summed E-state index contributed by atoms with van der Waals surface area (Å²) in [6, 6.07) is 4.35. The van der Waals surface area contributed by atoms with Crippen molar-refractivity contribution in [1.82, 2.24) is 5.32 Å². The molecule has 0 amide bonds. The number of aryl methyl sites for hydroxylation is 1. The van der Waals surface area contributed by atoms with Gasteiger partial charge in [0.15, 0.2) is 0 Å². The first kappa shape index (κ1) is 16.3. The molecule has 0 aliphatic heterocycles. The highest BCUT2D eigenvalue weighted by Gasteiger charge is 1.95. The van der Waals surface area contributed by atoms with Crippen molar-refractivity contribution in [3.63, 3.8) is 0 Å². The Kier molecular flexibility index (Phi) is 10.6. The zero-order chi connectivity index (χ0) is 10.9. The van der Waals surface area contributed by atoms with Gasteiger partial charge < -0.3 is 10.4 Å². The lowest BCUT2D eigenvalue weighted by atomic mass is 10.4. The Morgan fingerprint density at radius 2 is 2.19 bits per heavy atom. The fourth-order valence-corrected chi connectivity index (χ4v) is 2.89. The first-order chi connectivity index (χ1) is 7.33. The van der Waals surface area contributed by atoms with E-state index in [1.54, 1.807) is 0 Å². The smallest absolute Gasteiger partial charge is 0.0438 e. The molecule has 1 aromatic heterocycles. The predicted molar refractivity (Wildman–Crippen MR) is 77.0 cm³/mol. The number of aliphatic hydroxyl groups excluding tert-OH is 1. The molecular formula is C11H20ClNOS2. The van der Waals surface area contributed by atoms with Crippen LogP contribution in [0.15, 0.2) is 12.1 Å². The number of halogens is 1. The maximum Gasteiger partial charge on any atom is 0.0438 e. The van der Waals surface area contributed by atoms with Crippen molar-refractivity contribution in [2.24, 2.45) is 0 Å². The summed E-state index contributed by atoms with van der Waals surface area (Å²) in [5.74, 6) is 2.20. The Balaban J connectivity index is 0.00000225. The molecule has 1 aromatic rings. The van der Waals surface area contributed by atoms with Gasteiger partial charge in [-0.25, -0.2) is 0 Å². The fourth-order valence-electron chi connectivity index (χ4n) is 1.20. The first-order valence-corrected chi connectivity index (χ1v) is 7.24. The average Bonchev–Trinajstić information content (AvgIpc) is 2.63. The molecule has 1 rings (SSSR count). The summed E-state index contributed by atoms with van der Waals surface area (Å²) in [6.45, 7) is 4.49. The number of nitrogens with one attached hydrogen (secondary N) is 1. The molecule has 5 heteroatoms. The van der Waals surface area contributed by atoms with Gasteiger partial charge in [-0.15, -0.1) is 23.7 Å². The van der Waals surface area contributed by atoms with E-state index in [1.165, 1.54) is 9.75 Å². The number of rotatable bonds is 8. The van der Waals surface area contributed by atoms with Gasteiger partial charge in [0.05, 0.1) is 0 Å². The molecule has 0 aliphatic carbocycles. The molecule has 0 spiro atoms. The lowest BCUT2D eigenvalue weighted by Crippen LogP contribution is -2.15. The Bertz CT molecular complexity index is 268. The van der Waals surface area contributed by atoms with Gasteiger partial charge in [0.2, 0.25) is 0 Å². The van der Waals surface area contributed by atoms with Gasteiger partial charge in [-0.3, -0.25) is 0 Å². The Morgan fingerprint density at radius 3 is 2.81 bits per heavy atom. The molecule has 94 valence electrons. The summed E-state index contributed by atoms with van der Waals surface area (Å²) in [6.07, 6.45) is 0.911. The summed E-state index contributed by atoms with van der Waals surface area (Å²) >= 11 is 3.76. The van der Waals surface area contributed by atoms with Crippen LogP contribution in [-0.4, -0.2) is 29.8 Å². The molecule has 0 atom stereocenters. The van der Waals surface area contributed by atoms with Crippen LogP contribution in [0, 0.1) is 6.92 Å². The van der Waals surface area contributed by atoms with Crippen LogP contribution >= 0.6 is 35.5 Å². The summed E-state index contributed by atoms with van der Waals surface area (Å²) in [5.41, 5.74) is 0. The highest BCUT2D eigenvalue weighted by atomic mass is 35.5. The molecule has 0 saturated heterocycles. The molecule has 2 nitrogen and oxygen atoms in total. The Hall–Kier alpha value is 0.260. The van der Waals surface area contributed by atoms with Crippen LogP contribution in [0.1, 0.15) is 16.2 Å². The standard InChI is InChI=1S/C11H19NOS2.ClH/c1-10-3-4-11(15-10)9-12-5-8-14-7-2-6-13;/h3-4,12-13H,2,5-9H2,1H3;1H. The van der Waals surface area contributed by atoms with Crippen molar-refractivity contribution in [2.75, 3.05) is 24.7 Å². The third kappa shape index (κ3) is 7.52. The van der Waals surface area contributed by atoms with Gasteiger partial charge in [0.25, 0.3) is 0 Å².